The van der Waals surface area contributed by atoms with Crippen LogP contribution in [-0.4, -0.2) is 46.5 Å². The van der Waals surface area contributed by atoms with Crippen molar-refractivity contribution in [3.63, 3.8) is 0 Å². The van der Waals surface area contributed by atoms with Crippen molar-refractivity contribution in [3.05, 3.63) is 59.7 Å². The fourth-order valence-corrected chi connectivity index (χ4v) is 2.78. The smallest absolute Gasteiger partial charge is 0.272 e. The van der Waals surface area contributed by atoms with Crippen molar-refractivity contribution in [2.24, 2.45) is 0 Å². The molecule has 1 saturated heterocycles. The summed E-state index contributed by atoms with van der Waals surface area (Å²) in [4.78, 5) is 22.6. The highest BCUT2D eigenvalue weighted by molar-refractivity contribution is 5.92. The van der Waals surface area contributed by atoms with Gasteiger partial charge < -0.3 is 10.2 Å². The van der Waals surface area contributed by atoms with Gasteiger partial charge in [-0.3, -0.25) is 4.79 Å². The van der Waals surface area contributed by atoms with Crippen molar-refractivity contribution in [1.29, 1.82) is 0 Å². The number of benzene rings is 1. The van der Waals surface area contributed by atoms with E-state index in [-0.39, 0.29) is 11.9 Å². The zero-order valence-electron chi connectivity index (χ0n) is 12.7. The maximum absolute atomic E-state index is 12.6. The standard InChI is InChI=1S/C17H20N4O/c1-13-9-16(20-12-19-13)17(22)21-8-7-18-15(11-21)10-14-5-3-2-4-6-14/h2-6,9,12,15,18H,7-8,10-11H2,1H3/t15-/m0/s1. The van der Waals surface area contributed by atoms with Crippen LogP contribution in [-0.2, 0) is 6.42 Å². The molecule has 0 aliphatic carbocycles. The molecule has 1 fully saturated rings. The van der Waals surface area contributed by atoms with Crippen molar-refractivity contribution in [3.8, 4) is 0 Å². The number of hydrogen-bond acceptors (Lipinski definition) is 4. The van der Waals surface area contributed by atoms with E-state index in [4.69, 9.17) is 0 Å². The molecule has 0 bridgehead atoms. The molecule has 5 nitrogen and oxygen atoms in total. The quantitative estimate of drug-likeness (QED) is 0.931. The first kappa shape index (κ1) is 14.7. The average molecular weight is 296 g/mol. The second-order valence-corrected chi connectivity index (χ2v) is 5.64. The van der Waals surface area contributed by atoms with E-state index in [1.54, 1.807) is 6.07 Å². The lowest BCUT2D eigenvalue weighted by molar-refractivity contribution is 0.0696. The Balaban J connectivity index is 1.66. The van der Waals surface area contributed by atoms with E-state index in [1.165, 1.54) is 11.9 Å². The highest BCUT2D eigenvalue weighted by Crippen LogP contribution is 2.10. The second-order valence-electron chi connectivity index (χ2n) is 5.64. The summed E-state index contributed by atoms with van der Waals surface area (Å²) in [5.41, 5.74) is 2.58. The van der Waals surface area contributed by atoms with Crippen LogP contribution in [0.5, 0.6) is 0 Å². The van der Waals surface area contributed by atoms with Crippen LogP contribution in [0.1, 0.15) is 21.7 Å². The number of carbonyl (C=O) groups excluding carboxylic acids is 1. The number of piperazine rings is 1. The maximum atomic E-state index is 12.6. The Hall–Kier alpha value is -2.27. The molecule has 1 aromatic carbocycles. The summed E-state index contributed by atoms with van der Waals surface area (Å²) >= 11 is 0. The molecule has 0 saturated carbocycles. The van der Waals surface area contributed by atoms with Gasteiger partial charge in [-0.25, -0.2) is 9.97 Å². The molecule has 1 aromatic heterocycles. The van der Waals surface area contributed by atoms with Gasteiger partial charge in [0, 0.05) is 31.4 Å². The van der Waals surface area contributed by atoms with Gasteiger partial charge in [0.05, 0.1) is 0 Å². The Morgan fingerprint density at radius 3 is 2.91 bits per heavy atom. The lowest BCUT2D eigenvalue weighted by Gasteiger charge is -2.33. The van der Waals surface area contributed by atoms with Crippen molar-refractivity contribution in [2.75, 3.05) is 19.6 Å². The van der Waals surface area contributed by atoms with Crippen molar-refractivity contribution in [2.45, 2.75) is 19.4 Å². The minimum atomic E-state index is -0.00920. The fourth-order valence-electron chi connectivity index (χ4n) is 2.78. The molecular formula is C17H20N4O. The lowest BCUT2D eigenvalue weighted by Crippen LogP contribution is -2.53. The first-order valence-electron chi connectivity index (χ1n) is 7.57. The number of nitrogens with one attached hydrogen (secondary N) is 1. The predicted molar refractivity (Wildman–Crippen MR) is 84.6 cm³/mol. The number of rotatable bonds is 3. The molecule has 3 rings (SSSR count). The Kier molecular flexibility index (Phi) is 4.44. The molecule has 114 valence electrons. The molecule has 0 spiro atoms. The summed E-state index contributed by atoms with van der Waals surface area (Å²) in [6.45, 7) is 4.10. The monoisotopic (exact) mass is 296 g/mol. The van der Waals surface area contributed by atoms with Gasteiger partial charge in [0.2, 0.25) is 0 Å². The van der Waals surface area contributed by atoms with Gasteiger partial charge in [-0.15, -0.1) is 0 Å². The van der Waals surface area contributed by atoms with Crippen LogP contribution >= 0.6 is 0 Å². The first-order chi connectivity index (χ1) is 10.7. The largest absolute Gasteiger partial charge is 0.334 e. The molecule has 5 heteroatoms. The van der Waals surface area contributed by atoms with Crippen LogP contribution in [0.25, 0.3) is 0 Å². The van der Waals surface area contributed by atoms with E-state index in [1.807, 2.05) is 30.0 Å². The zero-order valence-corrected chi connectivity index (χ0v) is 12.7. The van der Waals surface area contributed by atoms with Gasteiger partial charge >= 0.3 is 0 Å². The van der Waals surface area contributed by atoms with Gasteiger partial charge in [-0.1, -0.05) is 30.3 Å². The average Bonchev–Trinajstić information content (AvgIpc) is 2.55. The van der Waals surface area contributed by atoms with Gasteiger partial charge in [0.25, 0.3) is 5.91 Å². The Bertz CT molecular complexity index is 644. The van der Waals surface area contributed by atoms with Crippen LogP contribution in [0, 0.1) is 6.92 Å². The SMILES string of the molecule is Cc1cc(C(=O)N2CCN[C@@H](Cc3ccccc3)C2)ncn1. The first-order valence-corrected chi connectivity index (χ1v) is 7.57. The van der Waals surface area contributed by atoms with Crippen molar-refractivity contribution in [1.82, 2.24) is 20.2 Å². The predicted octanol–water partition coefficient (Wildman–Crippen LogP) is 1.44. The summed E-state index contributed by atoms with van der Waals surface area (Å²) in [6.07, 6.45) is 2.37. The molecule has 1 amide bonds. The van der Waals surface area contributed by atoms with E-state index in [0.29, 0.717) is 18.8 Å². The van der Waals surface area contributed by atoms with Gasteiger partial charge in [0.15, 0.2) is 0 Å². The highest BCUT2D eigenvalue weighted by Gasteiger charge is 2.25. The van der Waals surface area contributed by atoms with Crippen LogP contribution in [0.2, 0.25) is 0 Å². The van der Waals surface area contributed by atoms with Crippen LogP contribution in [0.3, 0.4) is 0 Å². The van der Waals surface area contributed by atoms with Crippen molar-refractivity contribution < 1.29 is 4.79 Å². The summed E-state index contributed by atoms with van der Waals surface area (Å²) in [7, 11) is 0. The molecule has 0 radical (unpaired) electrons. The number of amides is 1. The molecule has 1 N–H and O–H groups in total. The number of carbonyl (C=O) groups is 1. The third-order valence-corrected chi connectivity index (χ3v) is 3.89. The minimum absolute atomic E-state index is 0.00920. The molecule has 2 heterocycles. The Labute approximate surface area is 130 Å². The fraction of sp³-hybridized carbons (Fsp3) is 0.353. The third kappa shape index (κ3) is 3.49. The summed E-state index contributed by atoms with van der Waals surface area (Å²) in [5.74, 6) is -0.00920. The van der Waals surface area contributed by atoms with Gasteiger partial charge in [-0.05, 0) is 25.0 Å². The molecular weight excluding hydrogens is 276 g/mol. The summed E-state index contributed by atoms with van der Waals surface area (Å²) in [5, 5.41) is 3.49. The van der Waals surface area contributed by atoms with Crippen LogP contribution in [0.4, 0.5) is 0 Å². The lowest BCUT2D eigenvalue weighted by atomic mass is 10.0. The van der Waals surface area contributed by atoms with E-state index in [2.05, 4.69) is 27.4 Å². The van der Waals surface area contributed by atoms with E-state index < -0.39 is 0 Å². The molecule has 1 aliphatic rings. The van der Waals surface area contributed by atoms with Crippen LogP contribution in [0.15, 0.2) is 42.7 Å². The van der Waals surface area contributed by atoms with Crippen molar-refractivity contribution >= 4 is 5.91 Å². The number of hydrogen-bond donors (Lipinski definition) is 1. The van der Waals surface area contributed by atoms with E-state index in [9.17, 15) is 4.79 Å². The zero-order chi connectivity index (χ0) is 15.4. The third-order valence-electron chi connectivity index (χ3n) is 3.89. The molecule has 1 atom stereocenters. The normalized spacial score (nSPS) is 18.2. The maximum Gasteiger partial charge on any atom is 0.272 e. The van der Waals surface area contributed by atoms with Gasteiger partial charge in [-0.2, -0.15) is 0 Å². The molecule has 22 heavy (non-hydrogen) atoms. The molecule has 2 aromatic rings. The summed E-state index contributed by atoms with van der Waals surface area (Å²) in [6, 6.07) is 12.4. The number of nitrogens with zero attached hydrogens (tertiary/aromatic N) is 3. The highest BCUT2D eigenvalue weighted by atomic mass is 16.2. The summed E-state index contributed by atoms with van der Waals surface area (Å²) < 4.78 is 0. The second kappa shape index (κ2) is 6.66. The molecule has 1 aliphatic heterocycles. The molecule has 0 unspecified atom stereocenters. The van der Waals surface area contributed by atoms with Gasteiger partial charge in [0.1, 0.15) is 12.0 Å². The topological polar surface area (TPSA) is 58.1 Å². The van der Waals surface area contributed by atoms with E-state index >= 15 is 0 Å². The number of aromatic nitrogens is 2. The van der Waals surface area contributed by atoms with Crippen LogP contribution < -0.4 is 5.32 Å². The van der Waals surface area contributed by atoms with E-state index in [0.717, 1.165) is 18.7 Å². The number of aryl methyl sites for hydroxylation is 1. The minimum Gasteiger partial charge on any atom is -0.334 e. The Morgan fingerprint density at radius 1 is 1.32 bits per heavy atom. The Morgan fingerprint density at radius 2 is 2.14 bits per heavy atom.